The highest BCUT2D eigenvalue weighted by Gasteiger charge is 2.36. The van der Waals surface area contributed by atoms with Crippen LogP contribution in [0.2, 0.25) is 0 Å². The molecule has 0 N–H and O–H groups in total. The minimum atomic E-state index is 0.657. The van der Waals surface area contributed by atoms with Gasteiger partial charge in [-0.1, -0.05) is 176 Å². The fourth-order valence-corrected chi connectivity index (χ4v) is 6.44. The molecule has 0 fully saturated rings. The van der Waals surface area contributed by atoms with E-state index >= 15 is 0 Å². The van der Waals surface area contributed by atoms with Crippen molar-refractivity contribution in [2.45, 2.75) is 208 Å². The molecule has 206 valence electrons. The zero-order valence-electron chi connectivity index (χ0n) is 25.2. The minimum Gasteiger partial charge on any atom is -0.0654 e. The predicted molar refractivity (Wildman–Crippen MR) is 159 cm³/mol. The summed E-state index contributed by atoms with van der Waals surface area (Å²) in [5.74, 6) is 1.00. The second-order valence-corrected chi connectivity index (χ2v) is 11.9. The zero-order valence-corrected chi connectivity index (χ0v) is 25.2. The molecular weight excluding hydrogens is 408 g/mol. The molecule has 0 atom stereocenters. The van der Waals surface area contributed by atoms with Gasteiger partial charge in [0.1, 0.15) is 0 Å². The predicted octanol–water partition coefficient (Wildman–Crippen LogP) is 13.2. The first-order valence-corrected chi connectivity index (χ1v) is 16.7. The summed E-state index contributed by atoms with van der Waals surface area (Å²) in [5, 5.41) is 0. The first-order chi connectivity index (χ1) is 16.7. The molecule has 0 amide bonds. The van der Waals surface area contributed by atoms with Crippen LogP contribution in [0, 0.1) is 11.3 Å². The Kier molecular flexibility index (Phi) is 26.1. The number of hydrogen-bond donors (Lipinski definition) is 0. The van der Waals surface area contributed by atoms with Crippen LogP contribution in [-0.4, -0.2) is 0 Å². The van der Waals surface area contributed by atoms with Crippen LogP contribution in [0.25, 0.3) is 0 Å². The maximum atomic E-state index is 2.37. The van der Waals surface area contributed by atoms with Gasteiger partial charge in [0.15, 0.2) is 0 Å². The highest BCUT2D eigenvalue weighted by atomic mass is 14.4. The summed E-state index contributed by atoms with van der Waals surface area (Å²) in [7, 11) is 0. The highest BCUT2D eigenvalue weighted by molar-refractivity contribution is 4.87. The molecule has 0 aromatic heterocycles. The van der Waals surface area contributed by atoms with Crippen LogP contribution in [0.15, 0.2) is 0 Å². The summed E-state index contributed by atoms with van der Waals surface area (Å²) in [5.41, 5.74) is 0.657. The van der Waals surface area contributed by atoms with Crippen molar-refractivity contribution in [3.63, 3.8) is 0 Å². The van der Waals surface area contributed by atoms with E-state index in [1.807, 2.05) is 0 Å². The number of unbranched alkanes of at least 4 members (excludes halogenated alkanes) is 17. The van der Waals surface area contributed by atoms with E-state index in [4.69, 9.17) is 0 Å². The molecule has 0 nitrogen and oxygen atoms in total. The van der Waals surface area contributed by atoms with Crippen LogP contribution in [0.5, 0.6) is 0 Å². The van der Waals surface area contributed by atoms with Gasteiger partial charge in [-0.25, -0.2) is 0 Å². The summed E-state index contributed by atoms with van der Waals surface area (Å²) < 4.78 is 0. The van der Waals surface area contributed by atoms with Crippen molar-refractivity contribution in [3.8, 4) is 0 Å². The Morgan fingerprint density at radius 2 is 0.588 bits per heavy atom. The molecule has 0 saturated carbocycles. The van der Waals surface area contributed by atoms with E-state index in [9.17, 15) is 0 Å². The van der Waals surface area contributed by atoms with Crippen molar-refractivity contribution < 1.29 is 0 Å². The molecule has 0 heterocycles. The molecule has 0 unspecified atom stereocenters. The maximum Gasteiger partial charge on any atom is -0.0269 e. The number of rotatable bonds is 28. The second-order valence-electron chi connectivity index (χ2n) is 11.9. The third-order valence-electron chi connectivity index (χ3n) is 8.76. The third kappa shape index (κ3) is 18.3. The molecule has 0 aromatic rings. The molecule has 0 bridgehead atoms. The lowest BCUT2D eigenvalue weighted by molar-refractivity contribution is 0.0815. The average Bonchev–Trinajstić information content (AvgIpc) is 2.85. The normalized spacial score (nSPS) is 12.2. The first-order valence-electron chi connectivity index (χ1n) is 16.7. The molecule has 0 spiro atoms. The molecule has 0 aromatic carbocycles. The number of hydrogen-bond acceptors (Lipinski definition) is 0. The lowest BCUT2D eigenvalue weighted by Gasteiger charge is -2.43. The lowest BCUT2D eigenvalue weighted by atomic mass is 9.62. The standard InChI is InChI=1S/C34H70/c1-6-11-16-21-22-27-32-34(30-25-19-14-9-4,31-26-20-15-10-5)33(28-23-17-12-7-2)29-24-18-13-8-3/h33H,6-32H2,1-5H3. The van der Waals surface area contributed by atoms with Gasteiger partial charge >= 0.3 is 0 Å². The maximum absolute atomic E-state index is 2.37. The summed E-state index contributed by atoms with van der Waals surface area (Å²) >= 11 is 0. The molecule has 0 rings (SSSR count). The van der Waals surface area contributed by atoms with Crippen LogP contribution >= 0.6 is 0 Å². The minimum absolute atomic E-state index is 0.657. The van der Waals surface area contributed by atoms with Crippen molar-refractivity contribution in [1.82, 2.24) is 0 Å². The van der Waals surface area contributed by atoms with Gasteiger partial charge in [-0.3, -0.25) is 0 Å². The van der Waals surface area contributed by atoms with Gasteiger partial charge in [0.25, 0.3) is 0 Å². The van der Waals surface area contributed by atoms with E-state index in [2.05, 4.69) is 34.6 Å². The zero-order chi connectivity index (χ0) is 25.2. The summed E-state index contributed by atoms with van der Waals surface area (Å²) in [4.78, 5) is 0. The molecule has 0 radical (unpaired) electrons. The Morgan fingerprint density at radius 3 is 0.941 bits per heavy atom. The SMILES string of the molecule is CCCCCCCCC(CCCCCC)(CCCCCC)C(CCCCCC)CCCCCC. The fourth-order valence-electron chi connectivity index (χ4n) is 6.44. The van der Waals surface area contributed by atoms with E-state index in [1.165, 1.54) is 154 Å². The second kappa shape index (κ2) is 26.1. The molecule has 0 aliphatic rings. The average molecular weight is 479 g/mol. The van der Waals surface area contributed by atoms with Crippen molar-refractivity contribution in [2.24, 2.45) is 11.3 Å². The van der Waals surface area contributed by atoms with Crippen LogP contribution in [-0.2, 0) is 0 Å². The Morgan fingerprint density at radius 1 is 0.324 bits per heavy atom. The molecule has 0 aliphatic heterocycles. The smallest absolute Gasteiger partial charge is 0.0269 e. The van der Waals surface area contributed by atoms with Crippen LogP contribution in [0.3, 0.4) is 0 Å². The molecule has 0 saturated heterocycles. The summed E-state index contributed by atoms with van der Waals surface area (Å²) in [6.45, 7) is 11.8. The van der Waals surface area contributed by atoms with Crippen molar-refractivity contribution in [3.05, 3.63) is 0 Å². The Hall–Kier alpha value is 0. The molecule has 0 aliphatic carbocycles. The quantitative estimate of drug-likeness (QED) is 0.0980. The third-order valence-corrected chi connectivity index (χ3v) is 8.76. The fraction of sp³-hybridized carbons (Fsp3) is 1.00. The van der Waals surface area contributed by atoms with Gasteiger partial charge < -0.3 is 0 Å². The Balaban J connectivity index is 5.44. The van der Waals surface area contributed by atoms with Crippen LogP contribution < -0.4 is 0 Å². The van der Waals surface area contributed by atoms with Gasteiger partial charge in [-0.15, -0.1) is 0 Å². The van der Waals surface area contributed by atoms with Crippen LogP contribution in [0.1, 0.15) is 208 Å². The van der Waals surface area contributed by atoms with E-state index in [1.54, 1.807) is 19.3 Å². The van der Waals surface area contributed by atoms with Crippen molar-refractivity contribution >= 4 is 0 Å². The lowest BCUT2D eigenvalue weighted by Crippen LogP contribution is -2.31. The van der Waals surface area contributed by atoms with Gasteiger partial charge in [0, 0.05) is 0 Å². The van der Waals surface area contributed by atoms with E-state index in [0.29, 0.717) is 5.41 Å². The molecular formula is C34H70. The van der Waals surface area contributed by atoms with Crippen LogP contribution in [0.4, 0.5) is 0 Å². The first kappa shape index (κ1) is 34.0. The van der Waals surface area contributed by atoms with E-state index in [0.717, 1.165) is 5.92 Å². The Labute approximate surface area is 219 Å². The Bertz CT molecular complexity index is 346. The van der Waals surface area contributed by atoms with Gasteiger partial charge in [0.05, 0.1) is 0 Å². The van der Waals surface area contributed by atoms with Gasteiger partial charge in [-0.2, -0.15) is 0 Å². The molecule has 34 heavy (non-hydrogen) atoms. The van der Waals surface area contributed by atoms with Gasteiger partial charge in [0.2, 0.25) is 0 Å². The van der Waals surface area contributed by atoms with Crippen molar-refractivity contribution in [1.29, 1.82) is 0 Å². The van der Waals surface area contributed by atoms with E-state index < -0.39 is 0 Å². The van der Waals surface area contributed by atoms with Crippen molar-refractivity contribution in [2.75, 3.05) is 0 Å². The van der Waals surface area contributed by atoms with E-state index in [-0.39, 0.29) is 0 Å². The molecule has 0 heteroatoms. The topological polar surface area (TPSA) is 0 Å². The largest absolute Gasteiger partial charge is 0.0654 e. The summed E-state index contributed by atoms with van der Waals surface area (Å²) in [6.07, 6.45) is 39.6. The monoisotopic (exact) mass is 479 g/mol. The summed E-state index contributed by atoms with van der Waals surface area (Å²) in [6, 6.07) is 0. The highest BCUT2D eigenvalue weighted by Crippen LogP contribution is 2.48. The van der Waals surface area contributed by atoms with Gasteiger partial charge in [-0.05, 0) is 43.4 Å².